The van der Waals surface area contributed by atoms with E-state index in [1.807, 2.05) is 6.07 Å². The summed E-state index contributed by atoms with van der Waals surface area (Å²) in [5.41, 5.74) is 1.34. The molecule has 7 nitrogen and oxygen atoms in total. The Morgan fingerprint density at radius 1 is 1.32 bits per heavy atom. The van der Waals surface area contributed by atoms with E-state index in [0.717, 1.165) is 5.56 Å². The number of carbonyl (C=O) groups excluding carboxylic acids is 1. The number of hydrogen-bond acceptors (Lipinski definition) is 5. The van der Waals surface area contributed by atoms with E-state index in [0.29, 0.717) is 17.3 Å². The van der Waals surface area contributed by atoms with Gasteiger partial charge in [0.2, 0.25) is 0 Å². The number of nitrogens with zero attached hydrogens (tertiary/aromatic N) is 4. The number of ether oxygens (including phenoxy) is 1. The Balaban J connectivity index is 1.63. The maximum atomic E-state index is 13.1. The molecular formula is C16H13ClFN5O2. The van der Waals surface area contributed by atoms with Gasteiger partial charge in [0.25, 0.3) is 5.91 Å². The fourth-order valence-corrected chi connectivity index (χ4v) is 2.29. The normalized spacial score (nSPS) is 10.5. The van der Waals surface area contributed by atoms with E-state index >= 15 is 0 Å². The van der Waals surface area contributed by atoms with Crippen LogP contribution in [0.4, 0.5) is 10.1 Å². The molecule has 0 aliphatic rings. The van der Waals surface area contributed by atoms with Crippen molar-refractivity contribution in [2.24, 2.45) is 7.05 Å². The number of aryl methyl sites for hydroxylation is 1. The second kappa shape index (κ2) is 7.27. The van der Waals surface area contributed by atoms with Gasteiger partial charge >= 0.3 is 0 Å². The highest BCUT2D eigenvalue weighted by Crippen LogP contribution is 2.22. The van der Waals surface area contributed by atoms with Crippen LogP contribution in [0, 0.1) is 5.82 Å². The van der Waals surface area contributed by atoms with E-state index < -0.39 is 5.82 Å². The van der Waals surface area contributed by atoms with Crippen molar-refractivity contribution in [3.63, 3.8) is 0 Å². The van der Waals surface area contributed by atoms with Crippen LogP contribution in [0.2, 0.25) is 5.02 Å². The van der Waals surface area contributed by atoms with E-state index in [9.17, 15) is 9.18 Å². The summed E-state index contributed by atoms with van der Waals surface area (Å²) in [4.78, 5) is 12.0. The second-order valence-corrected chi connectivity index (χ2v) is 5.53. The summed E-state index contributed by atoms with van der Waals surface area (Å²) in [6.07, 6.45) is 0. The zero-order chi connectivity index (χ0) is 17.8. The molecule has 25 heavy (non-hydrogen) atoms. The summed E-state index contributed by atoms with van der Waals surface area (Å²) in [7, 11) is 1.72. The molecule has 0 saturated carbocycles. The van der Waals surface area contributed by atoms with Crippen LogP contribution >= 0.6 is 11.6 Å². The Hall–Kier alpha value is -3.00. The van der Waals surface area contributed by atoms with E-state index in [-0.39, 0.29) is 17.5 Å². The molecule has 1 heterocycles. The van der Waals surface area contributed by atoms with Gasteiger partial charge in [0.1, 0.15) is 11.6 Å². The number of halogens is 2. The molecule has 1 aromatic heterocycles. The van der Waals surface area contributed by atoms with Crippen LogP contribution in [0.25, 0.3) is 11.4 Å². The Kier molecular flexibility index (Phi) is 4.90. The van der Waals surface area contributed by atoms with E-state index in [2.05, 4.69) is 20.8 Å². The van der Waals surface area contributed by atoms with E-state index in [4.69, 9.17) is 16.3 Å². The fourth-order valence-electron chi connectivity index (χ4n) is 2.12. The van der Waals surface area contributed by atoms with Crippen molar-refractivity contribution in [3.05, 3.63) is 53.3 Å². The molecule has 0 unspecified atom stereocenters. The molecule has 3 rings (SSSR count). The topological polar surface area (TPSA) is 81.9 Å². The molecule has 0 aliphatic carbocycles. The first kappa shape index (κ1) is 16.8. The summed E-state index contributed by atoms with van der Waals surface area (Å²) in [5, 5.41) is 13.9. The second-order valence-electron chi connectivity index (χ2n) is 5.12. The van der Waals surface area contributed by atoms with Crippen molar-refractivity contribution >= 4 is 23.2 Å². The minimum atomic E-state index is -0.548. The molecule has 0 bridgehead atoms. The highest BCUT2D eigenvalue weighted by molar-refractivity contribution is 6.30. The molecule has 0 aliphatic heterocycles. The summed E-state index contributed by atoms with van der Waals surface area (Å²) >= 11 is 5.66. The van der Waals surface area contributed by atoms with Crippen molar-refractivity contribution in [3.8, 4) is 17.1 Å². The van der Waals surface area contributed by atoms with Crippen molar-refractivity contribution in [1.82, 2.24) is 20.2 Å². The predicted octanol–water partition coefficient (Wildman–Crippen LogP) is 2.69. The lowest BCUT2D eigenvalue weighted by Crippen LogP contribution is -2.20. The van der Waals surface area contributed by atoms with E-state index in [1.165, 1.54) is 22.9 Å². The number of amides is 1. The minimum absolute atomic E-state index is 0.0668. The maximum Gasteiger partial charge on any atom is 0.262 e. The van der Waals surface area contributed by atoms with Gasteiger partial charge in [-0.2, -0.15) is 0 Å². The van der Waals surface area contributed by atoms with Crippen LogP contribution in [0.1, 0.15) is 0 Å². The van der Waals surface area contributed by atoms with Gasteiger partial charge < -0.3 is 10.1 Å². The number of aromatic nitrogens is 4. The minimum Gasteiger partial charge on any atom is -0.484 e. The number of anilines is 1. The highest BCUT2D eigenvalue weighted by Gasteiger charge is 2.09. The van der Waals surface area contributed by atoms with Gasteiger partial charge in [-0.25, -0.2) is 9.07 Å². The monoisotopic (exact) mass is 361 g/mol. The SMILES string of the molecule is Cn1nnnc1-c1cccc(NC(=O)COc2ccc(F)c(Cl)c2)c1. The largest absolute Gasteiger partial charge is 0.484 e. The van der Waals surface area contributed by atoms with Gasteiger partial charge in [-0.15, -0.1) is 5.10 Å². The van der Waals surface area contributed by atoms with Gasteiger partial charge in [0, 0.05) is 24.4 Å². The molecule has 0 spiro atoms. The molecule has 2 aromatic carbocycles. The zero-order valence-electron chi connectivity index (χ0n) is 13.1. The Bertz CT molecular complexity index is 915. The first-order valence-corrected chi connectivity index (χ1v) is 7.61. The summed E-state index contributed by atoms with van der Waals surface area (Å²) < 4.78 is 19.9. The Labute approximate surface area is 147 Å². The smallest absolute Gasteiger partial charge is 0.262 e. The average Bonchev–Trinajstić information content (AvgIpc) is 3.02. The third-order valence-corrected chi connectivity index (χ3v) is 3.58. The van der Waals surface area contributed by atoms with Gasteiger partial charge in [-0.1, -0.05) is 23.7 Å². The number of nitrogens with one attached hydrogen (secondary N) is 1. The van der Waals surface area contributed by atoms with Crippen molar-refractivity contribution in [2.45, 2.75) is 0 Å². The molecule has 1 N–H and O–H groups in total. The lowest BCUT2D eigenvalue weighted by atomic mass is 10.2. The molecular weight excluding hydrogens is 349 g/mol. The quantitative estimate of drug-likeness (QED) is 0.755. The Morgan fingerprint density at radius 3 is 2.88 bits per heavy atom. The first-order valence-electron chi connectivity index (χ1n) is 7.23. The summed E-state index contributed by atoms with van der Waals surface area (Å²) in [5.74, 6) is -0.0315. The van der Waals surface area contributed by atoms with Gasteiger partial charge in [0.05, 0.1) is 5.02 Å². The maximum absolute atomic E-state index is 13.1. The number of benzene rings is 2. The number of carbonyl (C=O) groups is 1. The van der Waals surface area contributed by atoms with Crippen LogP contribution in [0.5, 0.6) is 5.75 Å². The molecule has 1 amide bonds. The Morgan fingerprint density at radius 2 is 2.16 bits per heavy atom. The highest BCUT2D eigenvalue weighted by atomic mass is 35.5. The molecule has 0 fully saturated rings. The standard InChI is InChI=1S/C16H13ClFN5O2/c1-23-16(20-21-22-23)10-3-2-4-11(7-10)19-15(24)9-25-12-5-6-14(18)13(17)8-12/h2-8H,9H2,1H3,(H,19,24). The molecule has 0 atom stereocenters. The molecule has 9 heteroatoms. The van der Waals surface area contributed by atoms with Crippen LogP contribution in [0.15, 0.2) is 42.5 Å². The van der Waals surface area contributed by atoms with Crippen molar-refractivity contribution in [2.75, 3.05) is 11.9 Å². The van der Waals surface area contributed by atoms with Gasteiger partial charge in [0.15, 0.2) is 12.4 Å². The van der Waals surface area contributed by atoms with Gasteiger partial charge in [-0.3, -0.25) is 4.79 Å². The van der Waals surface area contributed by atoms with Crippen molar-refractivity contribution in [1.29, 1.82) is 0 Å². The lowest BCUT2D eigenvalue weighted by molar-refractivity contribution is -0.118. The van der Waals surface area contributed by atoms with Gasteiger partial charge in [-0.05, 0) is 34.7 Å². The lowest BCUT2D eigenvalue weighted by Gasteiger charge is -2.09. The molecule has 0 radical (unpaired) electrons. The number of rotatable bonds is 5. The molecule has 128 valence electrons. The predicted molar refractivity (Wildman–Crippen MR) is 89.8 cm³/mol. The summed E-state index contributed by atoms with van der Waals surface area (Å²) in [6, 6.07) is 11.0. The summed E-state index contributed by atoms with van der Waals surface area (Å²) in [6.45, 7) is -0.238. The number of hydrogen-bond donors (Lipinski definition) is 1. The first-order chi connectivity index (χ1) is 12.0. The van der Waals surface area contributed by atoms with Crippen molar-refractivity contribution < 1.29 is 13.9 Å². The average molecular weight is 362 g/mol. The van der Waals surface area contributed by atoms with E-state index in [1.54, 1.807) is 25.2 Å². The third-order valence-electron chi connectivity index (χ3n) is 3.29. The third kappa shape index (κ3) is 4.10. The fraction of sp³-hybridized carbons (Fsp3) is 0.125. The molecule has 3 aromatic rings. The zero-order valence-corrected chi connectivity index (χ0v) is 13.9. The van der Waals surface area contributed by atoms with Crippen LogP contribution < -0.4 is 10.1 Å². The van der Waals surface area contributed by atoms with Crippen LogP contribution in [0.3, 0.4) is 0 Å². The van der Waals surface area contributed by atoms with Crippen LogP contribution in [-0.4, -0.2) is 32.7 Å². The number of tetrazole rings is 1. The molecule has 0 saturated heterocycles. The van der Waals surface area contributed by atoms with Crippen LogP contribution in [-0.2, 0) is 11.8 Å².